The Hall–Kier alpha value is -2.07. The summed E-state index contributed by atoms with van der Waals surface area (Å²) in [6, 6.07) is 17.5. The number of hydrogen-bond acceptors (Lipinski definition) is 3. The molecule has 0 unspecified atom stereocenters. The van der Waals surface area contributed by atoms with Crippen molar-refractivity contribution in [2.24, 2.45) is 0 Å². The Morgan fingerprint density at radius 3 is 2.52 bits per heavy atom. The van der Waals surface area contributed by atoms with Crippen molar-refractivity contribution in [2.75, 3.05) is 13.2 Å². The van der Waals surface area contributed by atoms with Gasteiger partial charge in [0.25, 0.3) is 0 Å². The number of hydrogen-bond donors (Lipinski definition) is 0. The minimum absolute atomic E-state index is 0.490. The van der Waals surface area contributed by atoms with Gasteiger partial charge in [-0.2, -0.15) is 0 Å². The van der Waals surface area contributed by atoms with Gasteiger partial charge in [-0.15, -0.1) is 0 Å². The van der Waals surface area contributed by atoms with Crippen molar-refractivity contribution >= 4 is 26.8 Å². The van der Waals surface area contributed by atoms with Crippen LogP contribution in [0.25, 0.3) is 10.9 Å². The summed E-state index contributed by atoms with van der Waals surface area (Å²) in [5.74, 6) is 1.67. The standard InChI is InChI=1S/C17H14BrNO2/c18-13-6-8-14(9-7-13)20-11-12-21-17-5-1-4-16-15(17)3-2-10-19-16/h1-10H,11-12H2. The molecule has 0 fully saturated rings. The maximum absolute atomic E-state index is 5.79. The Balaban J connectivity index is 1.58. The molecule has 0 bridgehead atoms. The normalized spacial score (nSPS) is 10.5. The van der Waals surface area contributed by atoms with E-state index in [0.29, 0.717) is 13.2 Å². The zero-order valence-electron chi connectivity index (χ0n) is 11.3. The van der Waals surface area contributed by atoms with E-state index < -0.39 is 0 Å². The Kier molecular flexibility index (Phi) is 4.36. The molecule has 0 aliphatic heterocycles. The van der Waals surface area contributed by atoms with Crippen molar-refractivity contribution in [2.45, 2.75) is 0 Å². The Morgan fingerprint density at radius 1 is 0.857 bits per heavy atom. The fourth-order valence-electron chi connectivity index (χ4n) is 2.04. The maximum Gasteiger partial charge on any atom is 0.128 e. The van der Waals surface area contributed by atoms with Gasteiger partial charge in [0, 0.05) is 16.1 Å². The van der Waals surface area contributed by atoms with Gasteiger partial charge in [0.2, 0.25) is 0 Å². The minimum Gasteiger partial charge on any atom is -0.490 e. The highest BCUT2D eigenvalue weighted by Gasteiger charge is 2.02. The molecule has 0 amide bonds. The summed E-state index contributed by atoms with van der Waals surface area (Å²) in [6.07, 6.45) is 1.78. The summed E-state index contributed by atoms with van der Waals surface area (Å²) in [5.41, 5.74) is 0.934. The number of ether oxygens (including phenoxy) is 2. The maximum atomic E-state index is 5.79. The molecule has 0 radical (unpaired) electrons. The van der Waals surface area contributed by atoms with Crippen LogP contribution in [0.3, 0.4) is 0 Å². The van der Waals surface area contributed by atoms with Gasteiger partial charge in [0.15, 0.2) is 0 Å². The lowest BCUT2D eigenvalue weighted by Crippen LogP contribution is -2.09. The largest absolute Gasteiger partial charge is 0.490 e. The van der Waals surface area contributed by atoms with Gasteiger partial charge in [0.05, 0.1) is 5.52 Å². The van der Waals surface area contributed by atoms with Crippen LogP contribution in [0.15, 0.2) is 65.3 Å². The molecular weight excluding hydrogens is 330 g/mol. The van der Waals surface area contributed by atoms with Crippen molar-refractivity contribution in [1.29, 1.82) is 0 Å². The molecule has 1 aromatic heterocycles. The molecule has 106 valence electrons. The van der Waals surface area contributed by atoms with E-state index in [4.69, 9.17) is 9.47 Å². The van der Waals surface area contributed by atoms with Crippen LogP contribution in [-0.4, -0.2) is 18.2 Å². The van der Waals surface area contributed by atoms with Gasteiger partial charge in [-0.05, 0) is 48.5 Å². The fraction of sp³-hybridized carbons (Fsp3) is 0.118. The molecule has 2 aromatic carbocycles. The van der Waals surface area contributed by atoms with Gasteiger partial charge < -0.3 is 9.47 Å². The zero-order chi connectivity index (χ0) is 14.5. The third-order valence-electron chi connectivity index (χ3n) is 3.03. The molecule has 0 saturated heterocycles. The van der Waals surface area contributed by atoms with Crippen molar-refractivity contribution < 1.29 is 9.47 Å². The highest BCUT2D eigenvalue weighted by Crippen LogP contribution is 2.23. The lowest BCUT2D eigenvalue weighted by molar-refractivity contribution is 0.218. The van der Waals surface area contributed by atoms with Crippen molar-refractivity contribution in [1.82, 2.24) is 4.98 Å². The average Bonchev–Trinajstić information content (AvgIpc) is 2.53. The van der Waals surface area contributed by atoms with Crippen LogP contribution < -0.4 is 9.47 Å². The van der Waals surface area contributed by atoms with Crippen LogP contribution in [0.5, 0.6) is 11.5 Å². The molecule has 0 aliphatic rings. The molecule has 1 heterocycles. The van der Waals surface area contributed by atoms with E-state index in [2.05, 4.69) is 20.9 Å². The summed E-state index contributed by atoms with van der Waals surface area (Å²) < 4.78 is 12.5. The number of halogens is 1. The second-order valence-electron chi connectivity index (χ2n) is 4.48. The van der Waals surface area contributed by atoms with E-state index >= 15 is 0 Å². The Morgan fingerprint density at radius 2 is 1.67 bits per heavy atom. The van der Waals surface area contributed by atoms with E-state index in [1.54, 1.807) is 6.20 Å². The third-order valence-corrected chi connectivity index (χ3v) is 3.56. The first kappa shape index (κ1) is 13.9. The molecule has 3 rings (SSSR count). The Labute approximate surface area is 131 Å². The van der Waals surface area contributed by atoms with Gasteiger partial charge in [-0.3, -0.25) is 4.98 Å². The fourth-order valence-corrected chi connectivity index (χ4v) is 2.31. The summed E-state index contributed by atoms with van der Waals surface area (Å²) in [5, 5.41) is 1.02. The lowest BCUT2D eigenvalue weighted by Gasteiger charge is -2.10. The van der Waals surface area contributed by atoms with Crippen LogP contribution in [0.4, 0.5) is 0 Å². The molecule has 0 aliphatic carbocycles. The number of aromatic nitrogens is 1. The van der Waals surface area contributed by atoms with Crippen LogP contribution in [0.1, 0.15) is 0 Å². The van der Waals surface area contributed by atoms with E-state index in [0.717, 1.165) is 26.9 Å². The number of benzene rings is 2. The molecule has 0 spiro atoms. The van der Waals surface area contributed by atoms with Crippen LogP contribution in [-0.2, 0) is 0 Å². The molecule has 4 heteroatoms. The number of pyridine rings is 1. The first-order chi connectivity index (χ1) is 10.3. The predicted octanol–water partition coefficient (Wildman–Crippen LogP) is 4.46. The monoisotopic (exact) mass is 343 g/mol. The van der Waals surface area contributed by atoms with Gasteiger partial charge >= 0.3 is 0 Å². The Bertz CT molecular complexity index is 723. The van der Waals surface area contributed by atoms with E-state index in [1.165, 1.54) is 0 Å². The summed E-state index contributed by atoms with van der Waals surface area (Å²) in [7, 11) is 0. The smallest absolute Gasteiger partial charge is 0.128 e. The van der Waals surface area contributed by atoms with Crippen molar-refractivity contribution in [3.05, 3.63) is 65.3 Å². The minimum atomic E-state index is 0.490. The third kappa shape index (κ3) is 3.52. The molecule has 0 saturated carbocycles. The average molecular weight is 344 g/mol. The number of fused-ring (bicyclic) bond motifs is 1. The second-order valence-corrected chi connectivity index (χ2v) is 5.39. The quantitative estimate of drug-likeness (QED) is 0.641. The van der Waals surface area contributed by atoms with E-state index in [9.17, 15) is 0 Å². The second kappa shape index (κ2) is 6.59. The van der Waals surface area contributed by atoms with Gasteiger partial charge in [-0.1, -0.05) is 22.0 Å². The van der Waals surface area contributed by atoms with Gasteiger partial charge in [0.1, 0.15) is 24.7 Å². The molecule has 0 atom stereocenters. The molecule has 3 nitrogen and oxygen atoms in total. The SMILES string of the molecule is Brc1ccc(OCCOc2cccc3ncccc23)cc1. The topological polar surface area (TPSA) is 31.4 Å². The van der Waals surface area contributed by atoms with Crippen LogP contribution in [0, 0.1) is 0 Å². The first-order valence-corrected chi connectivity index (χ1v) is 7.47. The van der Waals surface area contributed by atoms with E-state index in [-0.39, 0.29) is 0 Å². The van der Waals surface area contributed by atoms with Gasteiger partial charge in [-0.25, -0.2) is 0 Å². The molecule has 3 aromatic rings. The lowest BCUT2D eigenvalue weighted by atomic mass is 10.2. The molecular formula is C17H14BrNO2. The van der Waals surface area contributed by atoms with Crippen molar-refractivity contribution in [3.63, 3.8) is 0 Å². The number of rotatable bonds is 5. The van der Waals surface area contributed by atoms with Crippen molar-refractivity contribution in [3.8, 4) is 11.5 Å². The predicted molar refractivity (Wildman–Crippen MR) is 86.9 cm³/mol. The van der Waals surface area contributed by atoms with Crippen LogP contribution in [0.2, 0.25) is 0 Å². The summed E-state index contributed by atoms with van der Waals surface area (Å²) in [4.78, 5) is 4.31. The van der Waals surface area contributed by atoms with Crippen LogP contribution >= 0.6 is 15.9 Å². The molecule has 21 heavy (non-hydrogen) atoms. The number of nitrogens with zero attached hydrogens (tertiary/aromatic N) is 1. The summed E-state index contributed by atoms with van der Waals surface area (Å²) >= 11 is 3.39. The summed E-state index contributed by atoms with van der Waals surface area (Å²) in [6.45, 7) is 0.988. The highest BCUT2D eigenvalue weighted by molar-refractivity contribution is 9.10. The van der Waals surface area contributed by atoms with E-state index in [1.807, 2.05) is 54.6 Å². The molecule has 0 N–H and O–H groups in total. The first-order valence-electron chi connectivity index (χ1n) is 6.68. The highest BCUT2D eigenvalue weighted by atomic mass is 79.9. The zero-order valence-corrected chi connectivity index (χ0v) is 12.9.